The zero-order valence-electron chi connectivity index (χ0n) is 13.9. The van der Waals surface area contributed by atoms with Crippen LogP contribution < -0.4 is 15.4 Å². The number of nitrogens with zero attached hydrogens (tertiary/aromatic N) is 2. The lowest BCUT2D eigenvalue weighted by atomic mass is 10.2. The maximum Gasteiger partial charge on any atom is 0.224 e. The number of rotatable bonds is 5. The highest BCUT2D eigenvalue weighted by Gasteiger charge is 2.08. The minimum atomic E-state index is -0.348. The lowest BCUT2D eigenvalue weighted by Crippen LogP contribution is -2.40. The van der Waals surface area contributed by atoms with Gasteiger partial charge in [-0.3, -0.25) is 4.99 Å². The van der Waals surface area contributed by atoms with Gasteiger partial charge in [-0.25, -0.2) is 9.37 Å². The quantitative estimate of drug-likeness (QED) is 0.420. The van der Waals surface area contributed by atoms with Crippen molar-refractivity contribution in [2.24, 2.45) is 4.99 Å². The van der Waals surface area contributed by atoms with E-state index in [1.807, 2.05) is 26.0 Å². The largest absolute Gasteiger partial charge is 0.439 e. The first-order valence-electron chi connectivity index (χ1n) is 7.43. The number of aromatic nitrogens is 1. The number of aliphatic imine (C=N–C) groups is 1. The topological polar surface area (TPSA) is 58.5 Å². The average molecular weight is 444 g/mol. The first-order valence-corrected chi connectivity index (χ1v) is 7.43. The number of ether oxygens (including phenoxy) is 1. The van der Waals surface area contributed by atoms with E-state index in [-0.39, 0.29) is 35.8 Å². The van der Waals surface area contributed by atoms with Crippen LogP contribution in [0.3, 0.4) is 0 Å². The number of guanidine groups is 1. The summed E-state index contributed by atoms with van der Waals surface area (Å²) in [4.78, 5) is 8.38. The fourth-order valence-corrected chi connectivity index (χ4v) is 1.94. The fourth-order valence-electron chi connectivity index (χ4n) is 1.94. The summed E-state index contributed by atoms with van der Waals surface area (Å²) in [6.45, 7) is 4.57. The van der Waals surface area contributed by atoms with E-state index in [9.17, 15) is 4.39 Å². The van der Waals surface area contributed by atoms with E-state index in [1.165, 1.54) is 12.1 Å². The van der Waals surface area contributed by atoms with Crippen molar-refractivity contribution in [2.75, 3.05) is 7.05 Å². The number of halogens is 2. The van der Waals surface area contributed by atoms with Crippen LogP contribution in [0.5, 0.6) is 11.6 Å². The van der Waals surface area contributed by atoms with Gasteiger partial charge in [0.1, 0.15) is 11.6 Å². The van der Waals surface area contributed by atoms with Crippen LogP contribution in [0.1, 0.15) is 19.4 Å². The third-order valence-electron chi connectivity index (χ3n) is 2.96. The Morgan fingerprint density at radius 3 is 2.75 bits per heavy atom. The molecule has 0 aliphatic rings. The second kappa shape index (κ2) is 10.1. The SMILES string of the molecule is CN=C(NCc1cccnc1Oc1cccc(F)c1)NC(C)C.I. The summed E-state index contributed by atoms with van der Waals surface area (Å²) >= 11 is 0. The van der Waals surface area contributed by atoms with Crippen molar-refractivity contribution in [3.63, 3.8) is 0 Å². The third kappa shape index (κ3) is 6.31. The molecule has 2 N–H and O–H groups in total. The van der Waals surface area contributed by atoms with Crippen LogP contribution in [-0.4, -0.2) is 24.0 Å². The van der Waals surface area contributed by atoms with Crippen molar-refractivity contribution in [3.8, 4) is 11.6 Å². The minimum Gasteiger partial charge on any atom is -0.439 e. The maximum absolute atomic E-state index is 13.3. The lowest BCUT2D eigenvalue weighted by molar-refractivity contribution is 0.450. The summed E-state index contributed by atoms with van der Waals surface area (Å²) in [6.07, 6.45) is 1.64. The van der Waals surface area contributed by atoms with E-state index in [1.54, 1.807) is 25.4 Å². The van der Waals surface area contributed by atoms with Gasteiger partial charge in [0.2, 0.25) is 5.88 Å². The predicted molar refractivity (Wildman–Crippen MR) is 105 cm³/mol. The summed E-state index contributed by atoms with van der Waals surface area (Å²) in [6, 6.07) is 9.98. The lowest BCUT2D eigenvalue weighted by Gasteiger charge is -2.15. The zero-order valence-corrected chi connectivity index (χ0v) is 16.2. The molecule has 0 aliphatic carbocycles. The third-order valence-corrected chi connectivity index (χ3v) is 2.96. The second-order valence-electron chi connectivity index (χ2n) is 5.25. The molecule has 0 fully saturated rings. The van der Waals surface area contributed by atoms with Gasteiger partial charge >= 0.3 is 0 Å². The average Bonchev–Trinajstić information content (AvgIpc) is 2.52. The van der Waals surface area contributed by atoms with Crippen molar-refractivity contribution < 1.29 is 9.13 Å². The van der Waals surface area contributed by atoms with Gasteiger partial charge in [0.25, 0.3) is 0 Å². The molecule has 0 bridgehead atoms. The van der Waals surface area contributed by atoms with Gasteiger partial charge in [-0.05, 0) is 32.0 Å². The van der Waals surface area contributed by atoms with Gasteiger partial charge in [0, 0.05) is 37.5 Å². The first-order chi connectivity index (χ1) is 11.1. The number of pyridine rings is 1. The molecule has 2 aromatic rings. The molecule has 7 heteroatoms. The normalized spacial score (nSPS) is 11.0. The Hall–Kier alpha value is -1.90. The molecule has 0 unspecified atom stereocenters. The summed E-state index contributed by atoms with van der Waals surface area (Å²) in [7, 11) is 1.71. The molecule has 0 radical (unpaired) electrons. The number of hydrogen-bond donors (Lipinski definition) is 2. The number of benzene rings is 1. The molecule has 0 aliphatic heterocycles. The molecule has 0 saturated carbocycles. The second-order valence-corrected chi connectivity index (χ2v) is 5.25. The summed E-state index contributed by atoms with van der Waals surface area (Å²) < 4.78 is 18.9. The van der Waals surface area contributed by atoms with Crippen molar-refractivity contribution >= 4 is 29.9 Å². The van der Waals surface area contributed by atoms with Crippen LogP contribution in [-0.2, 0) is 6.54 Å². The van der Waals surface area contributed by atoms with Crippen LogP contribution in [0.2, 0.25) is 0 Å². The van der Waals surface area contributed by atoms with Gasteiger partial charge in [-0.2, -0.15) is 0 Å². The van der Waals surface area contributed by atoms with Gasteiger partial charge in [0.05, 0.1) is 0 Å². The van der Waals surface area contributed by atoms with Crippen LogP contribution >= 0.6 is 24.0 Å². The van der Waals surface area contributed by atoms with Crippen LogP contribution in [0.4, 0.5) is 4.39 Å². The summed E-state index contributed by atoms with van der Waals surface area (Å²) in [5.74, 6) is 1.19. The molecular formula is C17H22FIN4O. The molecule has 0 amide bonds. The maximum atomic E-state index is 13.3. The Balaban J connectivity index is 0.00000288. The van der Waals surface area contributed by atoms with E-state index in [2.05, 4.69) is 20.6 Å². The van der Waals surface area contributed by atoms with E-state index in [0.29, 0.717) is 24.1 Å². The molecule has 1 aromatic carbocycles. The Morgan fingerprint density at radius 2 is 2.08 bits per heavy atom. The van der Waals surface area contributed by atoms with E-state index < -0.39 is 0 Å². The highest BCUT2D eigenvalue weighted by molar-refractivity contribution is 14.0. The molecule has 130 valence electrons. The van der Waals surface area contributed by atoms with Gasteiger partial charge in [-0.1, -0.05) is 12.1 Å². The van der Waals surface area contributed by atoms with Crippen LogP contribution in [0.15, 0.2) is 47.6 Å². The van der Waals surface area contributed by atoms with Gasteiger partial charge in [-0.15, -0.1) is 24.0 Å². The minimum absolute atomic E-state index is 0. The van der Waals surface area contributed by atoms with E-state index in [0.717, 1.165) is 5.56 Å². The highest BCUT2D eigenvalue weighted by atomic mass is 127. The van der Waals surface area contributed by atoms with E-state index in [4.69, 9.17) is 4.74 Å². The van der Waals surface area contributed by atoms with Crippen LogP contribution in [0, 0.1) is 5.82 Å². The van der Waals surface area contributed by atoms with Crippen molar-refractivity contribution in [3.05, 3.63) is 54.0 Å². The molecule has 0 atom stereocenters. The molecule has 2 rings (SSSR count). The Bertz CT molecular complexity index is 679. The predicted octanol–water partition coefficient (Wildman–Crippen LogP) is 3.70. The van der Waals surface area contributed by atoms with Crippen LogP contribution in [0.25, 0.3) is 0 Å². The number of hydrogen-bond acceptors (Lipinski definition) is 3. The van der Waals surface area contributed by atoms with E-state index >= 15 is 0 Å². The standard InChI is InChI=1S/C17H21FN4O.HI/c1-12(2)22-17(19-3)21-11-13-6-5-9-20-16(13)23-15-8-4-7-14(18)10-15;/h4-10,12H,11H2,1-3H3,(H2,19,21,22);1H. The van der Waals surface area contributed by atoms with Gasteiger partial charge in [0.15, 0.2) is 5.96 Å². The van der Waals surface area contributed by atoms with Gasteiger partial charge < -0.3 is 15.4 Å². The Kier molecular flexibility index (Phi) is 8.45. The smallest absolute Gasteiger partial charge is 0.224 e. The monoisotopic (exact) mass is 444 g/mol. The molecular weight excluding hydrogens is 422 g/mol. The number of nitrogens with one attached hydrogen (secondary N) is 2. The Labute approximate surface area is 158 Å². The molecule has 0 spiro atoms. The van der Waals surface area contributed by atoms with Crippen molar-refractivity contribution in [2.45, 2.75) is 26.4 Å². The molecule has 24 heavy (non-hydrogen) atoms. The van der Waals surface area contributed by atoms with Crippen molar-refractivity contribution in [1.82, 2.24) is 15.6 Å². The fraction of sp³-hybridized carbons (Fsp3) is 0.294. The zero-order chi connectivity index (χ0) is 16.7. The highest BCUT2D eigenvalue weighted by Crippen LogP contribution is 2.23. The molecule has 5 nitrogen and oxygen atoms in total. The molecule has 1 aromatic heterocycles. The first kappa shape index (κ1) is 20.1. The Morgan fingerprint density at radius 1 is 1.29 bits per heavy atom. The summed E-state index contributed by atoms with van der Waals surface area (Å²) in [5.41, 5.74) is 0.850. The molecule has 0 saturated heterocycles. The van der Waals surface area contributed by atoms with Crippen molar-refractivity contribution in [1.29, 1.82) is 0 Å². The molecule has 1 heterocycles. The summed E-state index contributed by atoms with van der Waals surface area (Å²) in [5, 5.41) is 6.40.